The summed E-state index contributed by atoms with van der Waals surface area (Å²) in [5, 5.41) is 5.65. The van der Waals surface area contributed by atoms with Gasteiger partial charge in [0.2, 0.25) is 5.91 Å². The molecule has 0 aromatic heterocycles. The molecule has 0 radical (unpaired) electrons. The van der Waals surface area contributed by atoms with E-state index in [-0.39, 0.29) is 29.2 Å². The number of rotatable bonds is 7. The van der Waals surface area contributed by atoms with Gasteiger partial charge in [-0.3, -0.25) is 14.4 Å². The van der Waals surface area contributed by atoms with Gasteiger partial charge < -0.3 is 15.5 Å². The van der Waals surface area contributed by atoms with E-state index in [0.717, 1.165) is 5.56 Å². The second-order valence-electron chi connectivity index (χ2n) is 9.01. The van der Waals surface area contributed by atoms with E-state index in [4.69, 9.17) is 0 Å². The van der Waals surface area contributed by atoms with Crippen LogP contribution in [0.1, 0.15) is 53.0 Å². The van der Waals surface area contributed by atoms with Gasteiger partial charge in [-0.15, -0.1) is 0 Å². The fourth-order valence-corrected chi connectivity index (χ4v) is 4.10. The summed E-state index contributed by atoms with van der Waals surface area (Å²) in [5.74, 6) is -1.45. The Labute approximate surface area is 194 Å². The molecule has 0 bridgehead atoms. The number of carbonyl (C=O) groups is 3. The van der Waals surface area contributed by atoms with Crippen LogP contribution < -0.4 is 10.6 Å². The zero-order chi connectivity index (χ0) is 24.0. The first-order valence-electron chi connectivity index (χ1n) is 11.5. The molecule has 3 rings (SSSR count). The average molecular weight is 454 g/mol. The summed E-state index contributed by atoms with van der Waals surface area (Å²) in [4.78, 5) is 40.5. The molecule has 7 heteroatoms. The molecule has 6 nitrogen and oxygen atoms in total. The lowest BCUT2D eigenvalue weighted by Gasteiger charge is -2.36. The monoisotopic (exact) mass is 453 g/mol. The minimum atomic E-state index is -0.799. The molecule has 2 N–H and O–H groups in total. The van der Waals surface area contributed by atoms with Crippen molar-refractivity contribution in [2.45, 2.75) is 39.7 Å². The number of benzene rings is 2. The van der Waals surface area contributed by atoms with Gasteiger partial charge in [0.05, 0.1) is 5.56 Å². The minimum Gasteiger partial charge on any atom is -0.354 e. The van der Waals surface area contributed by atoms with Crippen LogP contribution in [0.15, 0.2) is 48.5 Å². The van der Waals surface area contributed by atoms with Crippen molar-refractivity contribution < 1.29 is 18.8 Å². The maximum Gasteiger partial charge on any atom is 0.254 e. The van der Waals surface area contributed by atoms with Crippen molar-refractivity contribution >= 4 is 17.7 Å². The molecular weight excluding hydrogens is 421 g/mol. The van der Waals surface area contributed by atoms with E-state index in [2.05, 4.69) is 10.6 Å². The van der Waals surface area contributed by atoms with Crippen LogP contribution in [0.25, 0.3) is 0 Å². The van der Waals surface area contributed by atoms with Crippen LogP contribution in [0, 0.1) is 24.6 Å². The van der Waals surface area contributed by atoms with Crippen molar-refractivity contribution in [2.24, 2.45) is 11.8 Å². The van der Waals surface area contributed by atoms with E-state index in [1.54, 1.807) is 11.0 Å². The van der Waals surface area contributed by atoms with Crippen LogP contribution in [0.5, 0.6) is 0 Å². The molecule has 2 aromatic rings. The lowest BCUT2D eigenvalue weighted by molar-refractivity contribution is -0.124. The number of halogens is 1. The Bertz CT molecular complexity index is 1000. The minimum absolute atomic E-state index is 0.0252. The topological polar surface area (TPSA) is 78.5 Å². The Kier molecular flexibility index (Phi) is 8.20. The van der Waals surface area contributed by atoms with Gasteiger partial charge in [0.15, 0.2) is 0 Å². The first-order valence-corrected chi connectivity index (χ1v) is 11.5. The summed E-state index contributed by atoms with van der Waals surface area (Å²) in [6.45, 7) is 7.34. The summed E-state index contributed by atoms with van der Waals surface area (Å²) < 4.78 is 14.1. The maximum atomic E-state index is 14.1. The highest BCUT2D eigenvalue weighted by Crippen LogP contribution is 2.24. The van der Waals surface area contributed by atoms with Crippen LogP contribution in [0.4, 0.5) is 4.39 Å². The third kappa shape index (κ3) is 6.18. The van der Waals surface area contributed by atoms with E-state index in [1.807, 2.05) is 45.0 Å². The third-order valence-corrected chi connectivity index (χ3v) is 6.05. The molecule has 0 spiro atoms. The van der Waals surface area contributed by atoms with Crippen molar-refractivity contribution in [2.75, 3.05) is 19.6 Å². The lowest BCUT2D eigenvalue weighted by atomic mass is 9.88. The molecule has 1 heterocycles. The number of hydrogen-bond acceptors (Lipinski definition) is 3. The molecular formula is C26H32FN3O3. The van der Waals surface area contributed by atoms with Crippen LogP contribution >= 0.6 is 0 Å². The van der Waals surface area contributed by atoms with Gasteiger partial charge in [-0.1, -0.05) is 44.2 Å². The Morgan fingerprint density at radius 2 is 1.61 bits per heavy atom. The molecule has 3 amide bonds. The number of hydrogen-bond donors (Lipinski definition) is 2. The number of amides is 3. The van der Waals surface area contributed by atoms with Gasteiger partial charge in [-0.25, -0.2) is 4.39 Å². The first-order chi connectivity index (χ1) is 15.8. The highest BCUT2D eigenvalue weighted by molar-refractivity contribution is 5.98. The second kappa shape index (κ2) is 11.1. The number of aryl methyl sites for hydroxylation is 1. The standard InChI is InChI=1S/C26H32FN3O3/c1-17(2)16-28-25(32)23(29-24(31)21-10-6-7-11-22(21)27)19-12-14-30(15-13-19)26(33)20-9-5-4-8-18(20)3/h4-11,17,19,23H,12-16H2,1-3H3,(H,28,32)(H,29,31)/t23-/m1/s1. The quantitative estimate of drug-likeness (QED) is 0.673. The van der Waals surface area contributed by atoms with Gasteiger partial charge >= 0.3 is 0 Å². The third-order valence-electron chi connectivity index (χ3n) is 6.05. The molecule has 33 heavy (non-hydrogen) atoms. The molecule has 1 aliphatic rings. The second-order valence-corrected chi connectivity index (χ2v) is 9.01. The maximum absolute atomic E-state index is 14.1. The Balaban J connectivity index is 1.71. The van der Waals surface area contributed by atoms with Gasteiger partial charge in [0, 0.05) is 25.2 Å². The fraction of sp³-hybridized carbons (Fsp3) is 0.423. The molecule has 1 aliphatic heterocycles. The zero-order valence-electron chi connectivity index (χ0n) is 19.4. The number of nitrogens with zero attached hydrogens (tertiary/aromatic N) is 1. The number of carbonyl (C=O) groups excluding carboxylic acids is 3. The summed E-state index contributed by atoms with van der Waals surface area (Å²) in [6.07, 6.45) is 1.13. The van der Waals surface area contributed by atoms with Crippen molar-refractivity contribution in [3.05, 3.63) is 71.0 Å². The van der Waals surface area contributed by atoms with Crippen LogP contribution in [0.3, 0.4) is 0 Å². The summed E-state index contributed by atoms with van der Waals surface area (Å²) in [7, 11) is 0. The predicted molar refractivity (Wildman–Crippen MR) is 125 cm³/mol. The lowest BCUT2D eigenvalue weighted by Crippen LogP contribution is -2.54. The number of piperidine rings is 1. The smallest absolute Gasteiger partial charge is 0.254 e. The van der Waals surface area contributed by atoms with Gasteiger partial charge in [0.25, 0.3) is 11.8 Å². The van der Waals surface area contributed by atoms with Crippen molar-refractivity contribution in [3.8, 4) is 0 Å². The van der Waals surface area contributed by atoms with E-state index in [9.17, 15) is 18.8 Å². The molecule has 1 saturated heterocycles. The summed E-state index contributed by atoms with van der Waals surface area (Å²) in [5.41, 5.74) is 1.51. The normalized spacial score (nSPS) is 15.2. The largest absolute Gasteiger partial charge is 0.354 e. The molecule has 1 fully saturated rings. The van der Waals surface area contributed by atoms with E-state index >= 15 is 0 Å². The average Bonchev–Trinajstić information content (AvgIpc) is 2.81. The van der Waals surface area contributed by atoms with Crippen LogP contribution in [-0.4, -0.2) is 48.3 Å². The molecule has 176 valence electrons. The highest BCUT2D eigenvalue weighted by atomic mass is 19.1. The van der Waals surface area contributed by atoms with Crippen LogP contribution in [-0.2, 0) is 4.79 Å². The Morgan fingerprint density at radius 1 is 1.00 bits per heavy atom. The van der Waals surface area contributed by atoms with Crippen LogP contribution in [0.2, 0.25) is 0 Å². The van der Waals surface area contributed by atoms with Gasteiger partial charge in [0.1, 0.15) is 11.9 Å². The Hall–Kier alpha value is -3.22. The highest BCUT2D eigenvalue weighted by Gasteiger charge is 2.34. The summed E-state index contributed by atoms with van der Waals surface area (Å²) >= 11 is 0. The SMILES string of the molecule is Cc1ccccc1C(=O)N1CCC([C@@H](NC(=O)c2ccccc2F)C(=O)NCC(C)C)CC1. The Morgan fingerprint density at radius 3 is 2.21 bits per heavy atom. The molecule has 0 saturated carbocycles. The number of likely N-dealkylation sites (tertiary alicyclic amines) is 1. The van der Waals surface area contributed by atoms with E-state index < -0.39 is 17.8 Å². The van der Waals surface area contributed by atoms with Gasteiger partial charge in [-0.05, 0) is 55.4 Å². The number of nitrogens with one attached hydrogen (secondary N) is 2. The van der Waals surface area contributed by atoms with Crippen molar-refractivity contribution in [1.82, 2.24) is 15.5 Å². The molecule has 1 atom stereocenters. The first kappa shape index (κ1) is 24.4. The summed E-state index contributed by atoms with van der Waals surface area (Å²) in [6, 6.07) is 12.4. The van der Waals surface area contributed by atoms with Crippen molar-refractivity contribution in [3.63, 3.8) is 0 Å². The molecule has 0 aliphatic carbocycles. The molecule has 0 unspecified atom stereocenters. The van der Waals surface area contributed by atoms with E-state index in [1.165, 1.54) is 18.2 Å². The zero-order valence-corrected chi connectivity index (χ0v) is 19.4. The fourth-order valence-electron chi connectivity index (χ4n) is 4.10. The molecule has 2 aromatic carbocycles. The van der Waals surface area contributed by atoms with E-state index in [0.29, 0.717) is 38.0 Å². The predicted octanol–water partition coefficient (Wildman–Crippen LogP) is 3.56. The van der Waals surface area contributed by atoms with Gasteiger partial charge in [-0.2, -0.15) is 0 Å². The van der Waals surface area contributed by atoms with Crippen molar-refractivity contribution in [1.29, 1.82) is 0 Å².